The van der Waals surface area contributed by atoms with Gasteiger partial charge in [-0.15, -0.1) is 0 Å². The molecule has 1 atom stereocenters. The number of nitrogens with one attached hydrogen (secondary N) is 1. The third-order valence-corrected chi connectivity index (χ3v) is 2.94. The molecule has 2 heteroatoms. The summed E-state index contributed by atoms with van der Waals surface area (Å²) in [5, 5.41) is 3.26. The van der Waals surface area contributed by atoms with E-state index in [1.807, 2.05) is 18.5 Å². The molecule has 0 aliphatic carbocycles. The van der Waals surface area contributed by atoms with Crippen LogP contribution in [0.5, 0.6) is 0 Å². The van der Waals surface area contributed by atoms with Crippen LogP contribution >= 0.6 is 0 Å². The molecule has 2 nitrogen and oxygen atoms in total. The zero-order valence-electron chi connectivity index (χ0n) is 9.24. The maximum absolute atomic E-state index is 4.20. The molecule has 1 aromatic rings. The Balaban J connectivity index is 2.05. The molecule has 15 heavy (non-hydrogen) atoms. The van der Waals surface area contributed by atoms with Crippen LogP contribution in [0.25, 0.3) is 0 Å². The number of rotatable bonds is 4. The maximum atomic E-state index is 4.20. The predicted molar refractivity (Wildman–Crippen MR) is 63.9 cm³/mol. The van der Waals surface area contributed by atoms with Crippen molar-refractivity contribution in [3.8, 4) is 0 Å². The number of nitrogens with zero attached hydrogens (tertiary/aromatic N) is 1. The first-order valence-corrected chi connectivity index (χ1v) is 5.79. The van der Waals surface area contributed by atoms with Crippen LogP contribution in [0.4, 0.5) is 5.69 Å². The van der Waals surface area contributed by atoms with Gasteiger partial charge in [0.05, 0.1) is 0 Å². The summed E-state index contributed by atoms with van der Waals surface area (Å²) in [6.45, 7) is 2.24. The van der Waals surface area contributed by atoms with Gasteiger partial charge in [-0.3, -0.25) is 4.98 Å². The molecule has 0 fully saturated rings. The first kappa shape index (κ1) is 10.2. The van der Waals surface area contributed by atoms with Crippen molar-refractivity contribution in [2.45, 2.75) is 38.5 Å². The Labute approximate surface area is 91.4 Å². The second-order valence-corrected chi connectivity index (χ2v) is 4.07. The second-order valence-electron chi connectivity index (χ2n) is 4.07. The lowest BCUT2D eigenvalue weighted by molar-refractivity contribution is 0.626. The minimum atomic E-state index is 0.557. The Morgan fingerprint density at radius 1 is 1.40 bits per heavy atom. The van der Waals surface area contributed by atoms with Crippen LogP contribution in [0.2, 0.25) is 0 Å². The Hall–Kier alpha value is -1.31. The van der Waals surface area contributed by atoms with E-state index in [1.165, 1.54) is 36.9 Å². The summed E-state index contributed by atoms with van der Waals surface area (Å²) in [5.41, 5.74) is 2.56. The van der Waals surface area contributed by atoms with Crippen LogP contribution in [0, 0.1) is 0 Å². The fraction of sp³-hybridized carbons (Fsp3) is 0.462. The number of aromatic nitrogens is 1. The van der Waals surface area contributed by atoms with Crippen molar-refractivity contribution in [1.82, 2.24) is 4.98 Å². The van der Waals surface area contributed by atoms with E-state index in [1.54, 1.807) is 0 Å². The third-order valence-electron chi connectivity index (χ3n) is 2.94. The zero-order chi connectivity index (χ0) is 10.5. The highest BCUT2D eigenvalue weighted by Crippen LogP contribution is 2.32. The Kier molecular flexibility index (Phi) is 3.38. The van der Waals surface area contributed by atoms with Crippen molar-refractivity contribution >= 4 is 5.69 Å². The molecule has 1 aliphatic rings. The van der Waals surface area contributed by atoms with Crippen LogP contribution in [0.1, 0.15) is 44.1 Å². The van der Waals surface area contributed by atoms with E-state index in [4.69, 9.17) is 0 Å². The van der Waals surface area contributed by atoms with E-state index in [9.17, 15) is 0 Å². The molecule has 0 radical (unpaired) electrons. The molecule has 1 unspecified atom stereocenters. The second kappa shape index (κ2) is 4.96. The van der Waals surface area contributed by atoms with Gasteiger partial charge in [-0.2, -0.15) is 0 Å². The van der Waals surface area contributed by atoms with Crippen LogP contribution < -0.4 is 5.32 Å². The molecule has 1 N–H and O–H groups in total. The molecule has 1 aromatic heterocycles. The van der Waals surface area contributed by atoms with Crippen LogP contribution in [0.3, 0.4) is 0 Å². The highest BCUT2D eigenvalue weighted by molar-refractivity contribution is 5.56. The fourth-order valence-corrected chi connectivity index (χ4v) is 2.06. The molecule has 2 heterocycles. The summed E-state index contributed by atoms with van der Waals surface area (Å²) >= 11 is 0. The summed E-state index contributed by atoms with van der Waals surface area (Å²) in [7, 11) is 0. The largest absolute Gasteiger partial charge is 0.362 e. The van der Waals surface area contributed by atoms with E-state index in [0.29, 0.717) is 5.92 Å². The fourth-order valence-electron chi connectivity index (χ4n) is 2.06. The van der Waals surface area contributed by atoms with Gasteiger partial charge < -0.3 is 5.32 Å². The van der Waals surface area contributed by atoms with E-state index in [0.717, 1.165) is 0 Å². The zero-order valence-corrected chi connectivity index (χ0v) is 9.24. The van der Waals surface area contributed by atoms with Crippen molar-refractivity contribution < 1.29 is 0 Å². The lowest BCUT2D eigenvalue weighted by Crippen LogP contribution is -2.06. The summed E-state index contributed by atoms with van der Waals surface area (Å²) < 4.78 is 0. The monoisotopic (exact) mass is 202 g/mol. The summed E-state index contributed by atoms with van der Waals surface area (Å²) in [6.07, 6.45) is 13.3. The molecular formula is C13H18N2. The minimum Gasteiger partial charge on any atom is -0.362 e. The van der Waals surface area contributed by atoms with Gasteiger partial charge in [-0.25, -0.2) is 0 Å². The molecule has 0 saturated carbocycles. The van der Waals surface area contributed by atoms with Gasteiger partial charge in [0.15, 0.2) is 0 Å². The highest BCUT2D eigenvalue weighted by Gasteiger charge is 2.15. The quantitative estimate of drug-likeness (QED) is 0.753. The van der Waals surface area contributed by atoms with Crippen LogP contribution in [0.15, 0.2) is 30.7 Å². The van der Waals surface area contributed by atoms with Crippen molar-refractivity contribution in [1.29, 1.82) is 0 Å². The molecule has 2 rings (SSSR count). The standard InChI is InChI=1S/C13H18N2/c1-2-3-4-5-11-6-9-15-13-7-8-14-10-12(11)13/h6-11,15H,2-5H2,1H3. The first-order valence-electron chi connectivity index (χ1n) is 5.79. The van der Waals surface area contributed by atoms with E-state index in [2.05, 4.69) is 29.5 Å². The highest BCUT2D eigenvalue weighted by atomic mass is 14.9. The van der Waals surface area contributed by atoms with Gasteiger partial charge in [0.1, 0.15) is 0 Å². The molecule has 1 aliphatic heterocycles. The van der Waals surface area contributed by atoms with Gasteiger partial charge >= 0.3 is 0 Å². The van der Waals surface area contributed by atoms with E-state index in [-0.39, 0.29) is 0 Å². The molecule has 0 amide bonds. The van der Waals surface area contributed by atoms with Gasteiger partial charge in [-0.1, -0.05) is 32.3 Å². The SMILES string of the molecule is CCCCCC1C=CNc2ccncc21. The Morgan fingerprint density at radius 3 is 3.20 bits per heavy atom. The molecular weight excluding hydrogens is 184 g/mol. The van der Waals surface area contributed by atoms with Crippen molar-refractivity contribution in [3.63, 3.8) is 0 Å². The lowest BCUT2D eigenvalue weighted by Gasteiger charge is -2.20. The predicted octanol–water partition coefficient (Wildman–Crippen LogP) is 3.68. The maximum Gasteiger partial charge on any atom is 0.0449 e. The molecule has 0 saturated heterocycles. The number of fused-ring (bicyclic) bond motifs is 1. The average Bonchev–Trinajstić information content (AvgIpc) is 2.30. The average molecular weight is 202 g/mol. The van der Waals surface area contributed by atoms with E-state index < -0.39 is 0 Å². The van der Waals surface area contributed by atoms with E-state index >= 15 is 0 Å². The molecule has 0 aromatic carbocycles. The van der Waals surface area contributed by atoms with Gasteiger partial charge in [0.25, 0.3) is 0 Å². The van der Waals surface area contributed by atoms with Crippen LogP contribution in [-0.2, 0) is 0 Å². The topological polar surface area (TPSA) is 24.9 Å². The van der Waals surface area contributed by atoms with Gasteiger partial charge in [0, 0.05) is 29.6 Å². The van der Waals surface area contributed by atoms with Crippen molar-refractivity contribution in [3.05, 3.63) is 36.3 Å². The molecule has 80 valence electrons. The number of hydrogen-bond donors (Lipinski definition) is 1. The molecule has 0 bridgehead atoms. The lowest BCUT2D eigenvalue weighted by atomic mass is 9.91. The summed E-state index contributed by atoms with van der Waals surface area (Å²) in [5.74, 6) is 0.557. The summed E-state index contributed by atoms with van der Waals surface area (Å²) in [4.78, 5) is 4.20. The number of unbranched alkanes of at least 4 members (excludes halogenated alkanes) is 2. The molecule has 0 spiro atoms. The number of pyridine rings is 1. The van der Waals surface area contributed by atoms with Gasteiger partial charge in [-0.05, 0) is 18.7 Å². The van der Waals surface area contributed by atoms with Crippen LogP contribution in [-0.4, -0.2) is 4.98 Å². The Bertz CT molecular complexity index is 344. The summed E-state index contributed by atoms with van der Waals surface area (Å²) in [6, 6.07) is 2.05. The minimum absolute atomic E-state index is 0.557. The number of allylic oxidation sites excluding steroid dienone is 1. The third kappa shape index (κ3) is 2.38. The Morgan fingerprint density at radius 2 is 2.33 bits per heavy atom. The number of anilines is 1. The smallest absolute Gasteiger partial charge is 0.0449 e. The van der Waals surface area contributed by atoms with Gasteiger partial charge in [0.2, 0.25) is 0 Å². The van der Waals surface area contributed by atoms with Crippen molar-refractivity contribution in [2.75, 3.05) is 5.32 Å². The number of hydrogen-bond acceptors (Lipinski definition) is 2. The first-order chi connectivity index (χ1) is 7.42. The normalized spacial score (nSPS) is 18.3. The van der Waals surface area contributed by atoms with Crippen molar-refractivity contribution in [2.24, 2.45) is 0 Å².